The molecule has 0 aromatic heterocycles. The zero-order valence-corrected chi connectivity index (χ0v) is 15.4. The quantitative estimate of drug-likeness (QED) is 0.592. The van der Waals surface area contributed by atoms with Gasteiger partial charge in [0.15, 0.2) is 9.84 Å². The molecule has 10 heteroatoms. The van der Waals surface area contributed by atoms with Gasteiger partial charge in [0.05, 0.1) is 15.9 Å². The van der Waals surface area contributed by atoms with Crippen molar-refractivity contribution in [2.24, 2.45) is 0 Å². The largest absolute Gasteiger partial charge is 0.362 e. The minimum atomic E-state index is -3.52. The maximum absolute atomic E-state index is 12.4. The van der Waals surface area contributed by atoms with Gasteiger partial charge in [-0.2, -0.15) is 0 Å². The number of carbonyl (C=O) groups excluding carboxylic acids is 1. The molecule has 142 valence electrons. The lowest BCUT2D eigenvalue weighted by Crippen LogP contribution is -2.53. The summed E-state index contributed by atoms with van der Waals surface area (Å²) in [5, 5.41) is 14.6. The molecule has 2 aliphatic heterocycles. The van der Waals surface area contributed by atoms with Crippen molar-refractivity contribution in [3.05, 3.63) is 28.3 Å². The van der Waals surface area contributed by atoms with Crippen LogP contribution in [0.5, 0.6) is 0 Å². The molecule has 2 aliphatic rings. The summed E-state index contributed by atoms with van der Waals surface area (Å²) in [5.41, 5.74) is 0.152. The third-order valence-corrected chi connectivity index (χ3v) is 5.97. The number of hydrogen-bond donors (Lipinski definition) is 1. The molecule has 3 rings (SSSR count). The van der Waals surface area contributed by atoms with Gasteiger partial charge in [0.1, 0.15) is 5.69 Å². The molecular formula is C16H22N4O5S. The smallest absolute Gasteiger partial charge is 0.293 e. The number of sulfone groups is 1. The molecule has 1 aromatic carbocycles. The molecule has 26 heavy (non-hydrogen) atoms. The second-order valence-electron chi connectivity index (χ2n) is 6.64. The molecule has 1 unspecified atom stereocenters. The van der Waals surface area contributed by atoms with Crippen LogP contribution < -0.4 is 10.2 Å². The first-order valence-electron chi connectivity index (χ1n) is 8.53. The van der Waals surface area contributed by atoms with Crippen LogP contribution in [0.1, 0.15) is 12.8 Å². The lowest BCUT2D eigenvalue weighted by atomic mass is 10.1. The molecule has 2 saturated heterocycles. The minimum absolute atomic E-state index is 0.0749. The molecule has 1 atom stereocenters. The van der Waals surface area contributed by atoms with E-state index in [4.69, 9.17) is 0 Å². The number of carbonyl (C=O) groups is 1. The van der Waals surface area contributed by atoms with E-state index in [0.717, 1.165) is 31.7 Å². The van der Waals surface area contributed by atoms with E-state index < -0.39 is 14.8 Å². The van der Waals surface area contributed by atoms with Gasteiger partial charge in [0, 0.05) is 38.5 Å². The van der Waals surface area contributed by atoms with Crippen molar-refractivity contribution in [1.29, 1.82) is 0 Å². The fourth-order valence-electron chi connectivity index (χ4n) is 3.43. The number of anilines is 1. The number of nitrogens with zero attached hydrogens (tertiary/aromatic N) is 3. The topological polar surface area (TPSA) is 113 Å². The number of hydrogen-bond acceptors (Lipinski definition) is 7. The van der Waals surface area contributed by atoms with Crippen LogP contribution in [0.25, 0.3) is 0 Å². The lowest BCUT2D eigenvalue weighted by Gasteiger charge is -2.36. The highest BCUT2D eigenvalue weighted by molar-refractivity contribution is 7.90. The maximum atomic E-state index is 12.4. The fourth-order valence-corrected chi connectivity index (χ4v) is 4.07. The van der Waals surface area contributed by atoms with Crippen LogP contribution in [0.3, 0.4) is 0 Å². The Morgan fingerprint density at radius 3 is 2.50 bits per heavy atom. The Balaban J connectivity index is 1.74. The number of piperazine rings is 1. The number of amides is 1. The average molecular weight is 382 g/mol. The molecule has 0 aliphatic carbocycles. The van der Waals surface area contributed by atoms with Gasteiger partial charge in [-0.1, -0.05) is 0 Å². The Bertz CT molecular complexity index is 812. The van der Waals surface area contributed by atoms with E-state index in [0.29, 0.717) is 31.9 Å². The Morgan fingerprint density at radius 2 is 1.96 bits per heavy atom. The summed E-state index contributed by atoms with van der Waals surface area (Å²) in [6.07, 6.45) is 2.86. The number of nitrogens with one attached hydrogen (secondary N) is 1. The Hall–Kier alpha value is -2.20. The van der Waals surface area contributed by atoms with E-state index in [1.165, 1.54) is 12.1 Å². The molecule has 0 saturated carbocycles. The van der Waals surface area contributed by atoms with Crippen LogP contribution in [0.2, 0.25) is 0 Å². The van der Waals surface area contributed by atoms with Gasteiger partial charge in [-0.3, -0.25) is 14.9 Å². The highest BCUT2D eigenvalue weighted by Crippen LogP contribution is 2.31. The first kappa shape index (κ1) is 18.6. The Kier molecular flexibility index (Phi) is 5.15. The third kappa shape index (κ3) is 3.80. The number of benzene rings is 1. The van der Waals surface area contributed by atoms with Crippen LogP contribution >= 0.6 is 0 Å². The Labute approximate surface area is 152 Å². The minimum Gasteiger partial charge on any atom is -0.362 e. The van der Waals surface area contributed by atoms with Crippen molar-refractivity contribution in [1.82, 2.24) is 10.2 Å². The van der Waals surface area contributed by atoms with Crippen molar-refractivity contribution in [2.45, 2.75) is 23.8 Å². The van der Waals surface area contributed by atoms with Crippen LogP contribution in [-0.4, -0.2) is 69.2 Å². The summed E-state index contributed by atoms with van der Waals surface area (Å²) in [4.78, 5) is 26.8. The highest BCUT2D eigenvalue weighted by Gasteiger charge is 2.31. The molecule has 1 aromatic rings. The highest BCUT2D eigenvalue weighted by atomic mass is 32.2. The summed E-state index contributed by atoms with van der Waals surface area (Å²) in [5.74, 6) is 0.0871. The monoisotopic (exact) mass is 382 g/mol. The standard InChI is InChI=1S/C16H22N4O5S/c1-26(24,25)12-4-5-14(15(11-12)20(22)23)18-7-9-19(10-8-18)16(21)13-3-2-6-17-13/h4-5,11,13,17H,2-3,6-10H2,1H3. The van der Waals surface area contributed by atoms with Gasteiger partial charge in [-0.15, -0.1) is 0 Å². The second kappa shape index (κ2) is 7.20. The Morgan fingerprint density at radius 1 is 1.27 bits per heavy atom. The second-order valence-corrected chi connectivity index (χ2v) is 8.66. The molecular weight excluding hydrogens is 360 g/mol. The fraction of sp³-hybridized carbons (Fsp3) is 0.562. The molecule has 0 bridgehead atoms. The first-order valence-corrected chi connectivity index (χ1v) is 10.4. The van der Waals surface area contributed by atoms with Crippen LogP contribution in [0.4, 0.5) is 11.4 Å². The predicted molar refractivity (Wildman–Crippen MR) is 96.0 cm³/mol. The first-order chi connectivity index (χ1) is 12.3. The predicted octanol–water partition coefficient (Wildman–Crippen LogP) is 0.399. The average Bonchev–Trinajstić information content (AvgIpc) is 3.14. The van der Waals surface area contributed by atoms with E-state index in [1.54, 1.807) is 4.90 Å². The molecule has 0 radical (unpaired) electrons. The van der Waals surface area contributed by atoms with Gasteiger partial charge in [-0.05, 0) is 31.5 Å². The van der Waals surface area contributed by atoms with E-state index >= 15 is 0 Å². The summed E-state index contributed by atoms with van der Waals surface area (Å²) in [7, 11) is -3.52. The SMILES string of the molecule is CS(=O)(=O)c1ccc(N2CCN(C(=O)C3CCCN3)CC2)c([N+](=O)[O-])c1. The molecule has 2 heterocycles. The summed E-state index contributed by atoms with van der Waals surface area (Å²) in [6.45, 7) is 2.77. The third-order valence-electron chi connectivity index (χ3n) is 4.86. The van der Waals surface area contributed by atoms with Crippen LogP contribution in [0, 0.1) is 10.1 Å². The zero-order valence-electron chi connectivity index (χ0n) is 14.6. The molecule has 2 fully saturated rings. The number of nitro groups is 1. The van der Waals surface area contributed by atoms with Crippen LogP contribution in [0.15, 0.2) is 23.1 Å². The zero-order chi connectivity index (χ0) is 18.9. The van der Waals surface area contributed by atoms with E-state index in [2.05, 4.69) is 5.32 Å². The van der Waals surface area contributed by atoms with E-state index in [-0.39, 0.29) is 22.5 Å². The van der Waals surface area contributed by atoms with Gasteiger partial charge in [-0.25, -0.2) is 8.42 Å². The van der Waals surface area contributed by atoms with Crippen molar-refractivity contribution in [2.75, 3.05) is 43.9 Å². The van der Waals surface area contributed by atoms with Gasteiger partial charge in [0.25, 0.3) is 5.69 Å². The molecule has 0 spiro atoms. The van der Waals surface area contributed by atoms with Gasteiger partial charge >= 0.3 is 0 Å². The van der Waals surface area contributed by atoms with E-state index in [1.807, 2.05) is 4.90 Å². The number of rotatable bonds is 4. The molecule has 1 N–H and O–H groups in total. The van der Waals surface area contributed by atoms with E-state index in [9.17, 15) is 23.3 Å². The molecule has 1 amide bonds. The van der Waals surface area contributed by atoms with Crippen molar-refractivity contribution in [3.63, 3.8) is 0 Å². The van der Waals surface area contributed by atoms with Crippen LogP contribution in [-0.2, 0) is 14.6 Å². The van der Waals surface area contributed by atoms with Crippen molar-refractivity contribution >= 4 is 27.1 Å². The maximum Gasteiger partial charge on any atom is 0.293 e. The summed E-state index contributed by atoms with van der Waals surface area (Å²) < 4.78 is 23.3. The van der Waals surface area contributed by atoms with Crippen molar-refractivity contribution < 1.29 is 18.1 Å². The van der Waals surface area contributed by atoms with Gasteiger partial charge < -0.3 is 15.1 Å². The van der Waals surface area contributed by atoms with Gasteiger partial charge in [0.2, 0.25) is 5.91 Å². The number of nitro benzene ring substituents is 1. The lowest BCUT2D eigenvalue weighted by molar-refractivity contribution is -0.384. The van der Waals surface area contributed by atoms with Crippen molar-refractivity contribution in [3.8, 4) is 0 Å². The normalized spacial score (nSPS) is 21.0. The summed E-state index contributed by atoms with van der Waals surface area (Å²) >= 11 is 0. The summed E-state index contributed by atoms with van der Waals surface area (Å²) in [6, 6.07) is 3.84. The molecule has 9 nitrogen and oxygen atoms in total.